The third-order valence-electron chi connectivity index (χ3n) is 4.61. The van der Waals surface area contributed by atoms with Crippen LogP contribution >= 0.6 is 0 Å². The summed E-state index contributed by atoms with van der Waals surface area (Å²) in [5.41, 5.74) is 1.60. The van der Waals surface area contributed by atoms with Crippen LogP contribution in [0.25, 0.3) is 0 Å². The van der Waals surface area contributed by atoms with Crippen molar-refractivity contribution in [2.24, 2.45) is 5.92 Å². The van der Waals surface area contributed by atoms with Crippen LogP contribution < -0.4 is 16.0 Å². The van der Waals surface area contributed by atoms with E-state index in [-0.39, 0.29) is 11.9 Å². The molecule has 1 fully saturated rings. The number of carbonyl (C=O) groups is 2. The summed E-state index contributed by atoms with van der Waals surface area (Å²) in [4.78, 5) is 23.2. The summed E-state index contributed by atoms with van der Waals surface area (Å²) in [6.45, 7) is 3.26. The predicted molar refractivity (Wildman–Crippen MR) is 98.6 cm³/mol. The second kappa shape index (κ2) is 10.0. The largest absolute Gasteiger partial charge is 0.376 e. The van der Waals surface area contributed by atoms with Gasteiger partial charge in [0.2, 0.25) is 5.91 Å². The van der Waals surface area contributed by atoms with Gasteiger partial charge in [0, 0.05) is 19.3 Å². The molecule has 6 nitrogen and oxygen atoms in total. The van der Waals surface area contributed by atoms with Crippen LogP contribution in [0.15, 0.2) is 24.3 Å². The molecule has 25 heavy (non-hydrogen) atoms. The molecule has 0 saturated heterocycles. The molecule has 1 aliphatic rings. The maximum Gasteiger partial charge on any atom is 0.319 e. The summed E-state index contributed by atoms with van der Waals surface area (Å²) in [5, 5.41) is 8.16. The van der Waals surface area contributed by atoms with E-state index in [1.54, 1.807) is 19.2 Å². The molecule has 1 saturated carbocycles. The molecule has 0 aliphatic heterocycles. The molecule has 0 bridgehead atoms. The molecule has 1 aliphatic carbocycles. The van der Waals surface area contributed by atoms with Gasteiger partial charge in [-0.25, -0.2) is 4.79 Å². The first-order valence-electron chi connectivity index (χ1n) is 9.04. The smallest absolute Gasteiger partial charge is 0.319 e. The van der Waals surface area contributed by atoms with E-state index in [0.29, 0.717) is 37.3 Å². The quantitative estimate of drug-likeness (QED) is 0.664. The van der Waals surface area contributed by atoms with Crippen molar-refractivity contribution in [3.05, 3.63) is 29.8 Å². The van der Waals surface area contributed by atoms with Gasteiger partial charge in [0.05, 0.1) is 19.1 Å². The van der Waals surface area contributed by atoms with Gasteiger partial charge in [-0.15, -0.1) is 0 Å². The maximum atomic E-state index is 11.9. The number of carbonyl (C=O) groups excluding carboxylic acids is 2. The van der Waals surface area contributed by atoms with Gasteiger partial charge in [-0.05, 0) is 36.5 Å². The SMILES string of the molecule is CNC(=O)Cc1ccc(NC(=O)NCCO[C@H]2CCCC[C@@H]2C)cc1. The van der Waals surface area contributed by atoms with E-state index in [1.807, 2.05) is 12.1 Å². The Kier molecular flexibility index (Phi) is 7.73. The number of urea groups is 1. The number of anilines is 1. The Balaban J connectivity index is 1.65. The van der Waals surface area contributed by atoms with Crippen LogP contribution in [0, 0.1) is 5.92 Å². The molecule has 2 atom stereocenters. The summed E-state index contributed by atoms with van der Waals surface area (Å²) >= 11 is 0. The molecular formula is C19H29N3O3. The fourth-order valence-corrected chi connectivity index (χ4v) is 3.06. The minimum absolute atomic E-state index is 0.0364. The molecule has 0 heterocycles. The van der Waals surface area contributed by atoms with E-state index in [1.165, 1.54) is 19.3 Å². The van der Waals surface area contributed by atoms with Gasteiger partial charge in [0.25, 0.3) is 0 Å². The molecular weight excluding hydrogens is 318 g/mol. The lowest BCUT2D eigenvalue weighted by atomic mass is 9.88. The molecule has 6 heteroatoms. The summed E-state index contributed by atoms with van der Waals surface area (Å²) in [5.74, 6) is 0.571. The Labute approximate surface area is 149 Å². The van der Waals surface area contributed by atoms with Gasteiger partial charge in [-0.2, -0.15) is 0 Å². The second-order valence-electron chi connectivity index (χ2n) is 6.60. The third-order valence-corrected chi connectivity index (χ3v) is 4.61. The number of hydrogen-bond donors (Lipinski definition) is 3. The van der Waals surface area contributed by atoms with Gasteiger partial charge < -0.3 is 20.7 Å². The van der Waals surface area contributed by atoms with Crippen LogP contribution in [0.4, 0.5) is 10.5 Å². The lowest BCUT2D eigenvalue weighted by Gasteiger charge is -2.28. The van der Waals surface area contributed by atoms with Crippen molar-refractivity contribution < 1.29 is 14.3 Å². The fraction of sp³-hybridized carbons (Fsp3) is 0.579. The number of hydrogen-bond acceptors (Lipinski definition) is 3. The molecule has 138 valence electrons. The first-order chi connectivity index (χ1) is 12.1. The van der Waals surface area contributed by atoms with E-state index in [2.05, 4.69) is 22.9 Å². The van der Waals surface area contributed by atoms with E-state index in [4.69, 9.17) is 4.74 Å². The van der Waals surface area contributed by atoms with E-state index < -0.39 is 0 Å². The predicted octanol–water partition coefficient (Wildman–Crippen LogP) is 2.69. The van der Waals surface area contributed by atoms with Crippen LogP contribution in [-0.2, 0) is 16.0 Å². The molecule has 0 radical (unpaired) electrons. The van der Waals surface area contributed by atoms with Crippen LogP contribution in [0.5, 0.6) is 0 Å². The normalized spacial score (nSPS) is 19.9. The first kappa shape index (κ1) is 19.2. The summed E-state index contributed by atoms with van der Waals surface area (Å²) in [6.07, 6.45) is 5.54. The molecule has 0 aromatic heterocycles. The van der Waals surface area contributed by atoms with E-state index >= 15 is 0 Å². The Bertz CT molecular complexity index is 560. The molecule has 0 spiro atoms. The highest BCUT2D eigenvalue weighted by molar-refractivity contribution is 5.89. The summed E-state index contributed by atoms with van der Waals surface area (Å²) in [6, 6.07) is 6.99. The van der Waals surface area contributed by atoms with Crippen molar-refractivity contribution in [2.75, 3.05) is 25.5 Å². The molecule has 0 unspecified atom stereocenters. The summed E-state index contributed by atoms with van der Waals surface area (Å²) in [7, 11) is 1.61. The van der Waals surface area contributed by atoms with Crippen LogP contribution in [0.3, 0.4) is 0 Å². The van der Waals surface area contributed by atoms with Crippen molar-refractivity contribution in [1.82, 2.24) is 10.6 Å². The lowest BCUT2D eigenvalue weighted by Crippen LogP contribution is -2.34. The standard InChI is InChI=1S/C19H29N3O3/c1-14-5-3-4-6-17(14)25-12-11-21-19(24)22-16-9-7-15(8-10-16)13-18(23)20-2/h7-10,14,17H,3-6,11-13H2,1-2H3,(H,20,23)(H2,21,22,24)/t14-,17-/m0/s1. The van der Waals surface area contributed by atoms with Gasteiger partial charge in [0.15, 0.2) is 0 Å². The number of benzene rings is 1. The maximum absolute atomic E-state index is 11.9. The lowest BCUT2D eigenvalue weighted by molar-refractivity contribution is -0.119. The van der Waals surface area contributed by atoms with Gasteiger partial charge in [-0.1, -0.05) is 31.9 Å². The Morgan fingerprint density at radius 1 is 1.16 bits per heavy atom. The minimum Gasteiger partial charge on any atom is -0.376 e. The van der Waals surface area contributed by atoms with E-state index in [9.17, 15) is 9.59 Å². The Hall–Kier alpha value is -2.08. The van der Waals surface area contributed by atoms with Crippen molar-refractivity contribution in [2.45, 2.75) is 45.1 Å². The molecule has 3 amide bonds. The van der Waals surface area contributed by atoms with Crippen molar-refractivity contribution in [3.63, 3.8) is 0 Å². The van der Waals surface area contributed by atoms with Crippen molar-refractivity contribution in [1.29, 1.82) is 0 Å². The average molecular weight is 347 g/mol. The minimum atomic E-state index is -0.251. The number of likely N-dealkylation sites (N-methyl/N-ethyl adjacent to an activating group) is 1. The highest BCUT2D eigenvalue weighted by atomic mass is 16.5. The monoisotopic (exact) mass is 347 g/mol. The summed E-state index contributed by atoms with van der Waals surface area (Å²) < 4.78 is 5.88. The Morgan fingerprint density at radius 2 is 1.88 bits per heavy atom. The van der Waals surface area contributed by atoms with Crippen molar-refractivity contribution in [3.8, 4) is 0 Å². The number of ether oxygens (including phenoxy) is 1. The zero-order valence-electron chi connectivity index (χ0n) is 15.1. The fourth-order valence-electron chi connectivity index (χ4n) is 3.06. The zero-order valence-corrected chi connectivity index (χ0v) is 15.1. The second-order valence-corrected chi connectivity index (χ2v) is 6.60. The number of amides is 3. The van der Waals surface area contributed by atoms with Crippen LogP contribution in [-0.4, -0.2) is 38.2 Å². The van der Waals surface area contributed by atoms with Gasteiger partial charge in [-0.3, -0.25) is 4.79 Å². The van der Waals surface area contributed by atoms with Crippen LogP contribution in [0.2, 0.25) is 0 Å². The molecule has 3 N–H and O–H groups in total. The highest BCUT2D eigenvalue weighted by Gasteiger charge is 2.21. The Morgan fingerprint density at radius 3 is 2.56 bits per heavy atom. The first-order valence-corrected chi connectivity index (χ1v) is 9.04. The zero-order chi connectivity index (χ0) is 18.1. The molecule has 1 aromatic rings. The van der Waals surface area contributed by atoms with E-state index in [0.717, 1.165) is 12.0 Å². The third kappa shape index (κ3) is 6.74. The number of rotatable bonds is 7. The number of nitrogens with one attached hydrogen (secondary N) is 3. The van der Waals surface area contributed by atoms with Gasteiger partial charge in [0.1, 0.15) is 0 Å². The molecule has 1 aromatic carbocycles. The average Bonchev–Trinajstić information content (AvgIpc) is 2.61. The van der Waals surface area contributed by atoms with Crippen molar-refractivity contribution >= 4 is 17.6 Å². The van der Waals surface area contributed by atoms with Crippen LogP contribution in [0.1, 0.15) is 38.2 Å². The highest BCUT2D eigenvalue weighted by Crippen LogP contribution is 2.25. The topological polar surface area (TPSA) is 79.5 Å². The molecule has 2 rings (SSSR count). The van der Waals surface area contributed by atoms with Gasteiger partial charge >= 0.3 is 6.03 Å².